The SMILES string of the molecule is COc1cc(OC)cc(C(=O)NCc2nnnn2-c2cccc(Br)c2)c1. The zero-order chi connectivity index (χ0) is 18.5. The second-order valence-electron chi connectivity index (χ2n) is 5.27. The Morgan fingerprint density at radius 2 is 1.88 bits per heavy atom. The zero-order valence-corrected chi connectivity index (χ0v) is 15.7. The summed E-state index contributed by atoms with van der Waals surface area (Å²) in [6.45, 7) is 0.165. The van der Waals surface area contributed by atoms with Crippen LogP contribution in [0.15, 0.2) is 46.9 Å². The molecule has 134 valence electrons. The third-order valence-electron chi connectivity index (χ3n) is 3.61. The van der Waals surface area contributed by atoms with Crippen molar-refractivity contribution in [3.63, 3.8) is 0 Å². The van der Waals surface area contributed by atoms with Crippen LogP contribution in [0, 0.1) is 0 Å². The Labute approximate surface area is 158 Å². The summed E-state index contributed by atoms with van der Waals surface area (Å²) in [4.78, 5) is 12.5. The molecule has 9 heteroatoms. The topological polar surface area (TPSA) is 91.2 Å². The molecule has 1 amide bonds. The van der Waals surface area contributed by atoms with E-state index in [0.717, 1.165) is 10.2 Å². The molecule has 1 heterocycles. The highest BCUT2D eigenvalue weighted by Gasteiger charge is 2.13. The Morgan fingerprint density at radius 1 is 1.15 bits per heavy atom. The van der Waals surface area contributed by atoms with E-state index < -0.39 is 0 Å². The Hall–Kier alpha value is -2.94. The van der Waals surface area contributed by atoms with Crippen LogP contribution in [0.1, 0.15) is 16.2 Å². The van der Waals surface area contributed by atoms with Crippen LogP contribution in [0.3, 0.4) is 0 Å². The Balaban J connectivity index is 1.76. The van der Waals surface area contributed by atoms with E-state index in [1.54, 1.807) is 22.9 Å². The number of nitrogens with one attached hydrogen (secondary N) is 1. The monoisotopic (exact) mass is 417 g/mol. The summed E-state index contributed by atoms with van der Waals surface area (Å²) in [6, 6.07) is 12.5. The van der Waals surface area contributed by atoms with Crippen LogP contribution in [0.25, 0.3) is 5.69 Å². The van der Waals surface area contributed by atoms with Crippen molar-refractivity contribution in [2.24, 2.45) is 0 Å². The van der Waals surface area contributed by atoms with E-state index in [4.69, 9.17) is 9.47 Å². The molecule has 0 aliphatic rings. The zero-order valence-electron chi connectivity index (χ0n) is 14.1. The first-order chi connectivity index (χ1) is 12.6. The van der Waals surface area contributed by atoms with Gasteiger partial charge in [0.05, 0.1) is 26.5 Å². The maximum absolute atomic E-state index is 12.5. The average molecular weight is 418 g/mol. The van der Waals surface area contributed by atoms with E-state index in [-0.39, 0.29) is 12.5 Å². The van der Waals surface area contributed by atoms with Crippen LogP contribution in [0.5, 0.6) is 11.5 Å². The molecule has 0 unspecified atom stereocenters. The van der Waals surface area contributed by atoms with Gasteiger partial charge in [-0.3, -0.25) is 4.79 Å². The van der Waals surface area contributed by atoms with Gasteiger partial charge in [0.25, 0.3) is 5.91 Å². The molecule has 0 saturated carbocycles. The molecule has 1 N–H and O–H groups in total. The molecule has 8 nitrogen and oxygen atoms in total. The molecule has 0 spiro atoms. The molecule has 1 aromatic heterocycles. The van der Waals surface area contributed by atoms with Gasteiger partial charge in [0.15, 0.2) is 5.82 Å². The molecule has 3 aromatic rings. The van der Waals surface area contributed by atoms with Crippen molar-refractivity contribution in [2.75, 3.05) is 14.2 Å². The highest BCUT2D eigenvalue weighted by Crippen LogP contribution is 2.22. The number of carbonyl (C=O) groups is 1. The van der Waals surface area contributed by atoms with Gasteiger partial charge in [-0.15, -0.1) is 5.10 Å². The molecular formula is C17H16BrN5O3. The molecule has 26 heavy (non-hydrogen) atoms. The number of amides is 1. The molecule has 0 fully saturated rings. The van der Waals surface area contributed by atoms with Crippen LogP contribution in [0.4, 0.5) is 0 Å². The van der Waals surface area contributed by atoms with Crippen LogP contribution in [-0.4, -0.2) is 40.3 Å². The number of rotatable bonds is 6. The molecule has 0 aliphatic carbocycles. The first-order valence-corrected chi connectivity index (χ1v) is 8.44. The fourth-order valence-electron chi connectivity index (χ4n) is 2.32. The van der Waals surface area contributed by atoms with Gasteiger partial charge >= 0.3 is 0 Å². The van der Waals surface area contributed by atoms with E-state index in [1.165, 1.54) is 14.2 Å². The Morgan fingerprint density at radius 3 is 2.54 bits per heavy atom. The maximum atomic E-state index is 12.5. The van der Waals surface area contributed by atoms with Crippen molar-refractivity contribution in [2.45, 2.75) is 6.54 Å². The minimum Gasteiger partial charge on any atom is -0.497 e. The lowest BCUT2D eigenvalue weighted by Crippen LogP contribution is -2.24. The Kier molecular flexibility index (Phi) is 5.47. The number of carbonyl (C=O) groups excluding carboxylic acids is 1. The van der Waals surface area contributed by atoms with E-state index in [2.05, 4.69) is 36.8 Å². The summed E-state index contributed by atoms with van der Waals surface area (Å²) < 4.78 is 12.8. The third-order valence-corrected chi connectivity index (χ3v) is 4.10. The van der Waals surface area contributed by atoms with Gasteiger partial charge in [0, 0.05) is 16.1 Å². The summed E-state index contributed by atoms with van der Waals surface area (Å²) in [5.74, 6) is 1.29. The van der Waals surface area contributed by atoms with Gasteiger partial charge in [-0.2, -0.15) is 4.68 Å². The minimum absolute atomic E-state index is 0.165. The van der Waals surface area contributed by atoms with Crippen LogP contribution >= 0.6 is 15.9 Å². The molecule has 0 atom stereocenters. The number of methoxy groups -OCH3 is 2. The molecule has 0 bridgehead atoms. The number of tetrazole rings is 1. The van der Waals surface area contributed by atoms with Crippen molar-refractivity contribution < 1.29 is 14.3 Å². The lowest BCUT2D eigenvalue weighted by molar-refractivity contribution is 0.0949. The van der Waals surface area contributed by atoms with Gasteiger partial charge in [0.2, 0.25) is 0 Å². The second-order valence-corrected chi connectivity index (χ2v) is 6.19. The number of hydrogen-bond donors (Lipinski definition) is 1. The highest BCUT2D eigenvalue weighted by atomic mass is 79.9. The largest absolute Gasteiger partial charge is 0.497 e. The van der Waals surface area contributed by atoms with Gasteiger partial charge in [-0.05, 0) is 40.8 Å². The Bertz CT molecular complexity index is 906. The normalized spacial score (nSPS) is 10.4. The average Bonchev–Trinajstić information content (AvgIpc) is 3.14. The van der Waals surface area contributed by atoms with E-state index in [0.29, 0.717) is 22.9 Å². The summed E-state index contributed by atoms with van der Waals surface area (Å²) in [5.41, 5.74) is 1.21. The van der Waals surface area contributed by atoms with E-state index in [9.17, 15) is 4.79 Å². The van der Waals surface area contributed by atoms with E-state index >= 15 is 0 Å². The van der Waals surface area contributed by atoms with Crippen LogP contribution in [0.2, 0.25) is 0 Å². The maximum Gasteiger partial charge on any atom is 0.251 e. The van der Waals surface area contributed by atoms with Crippen molar-refractivity contribution >= 4 is 21.8 Å². The predicted octanol–water partition coefficient (Wildman–Crippen LogP) is 2.37. The van der Waals surface area contributed by atoms with Crippen molar-refractivity contribution in [3.8, 4) is 17.2 Å². The summed E-state index contributed by atoms with van der Waals surface area (Å²) >= 11 is 3.42. The fourth-order valence-corrected chi connectivity index (χ4v) is 2.71. The van der Waals surface area contributed by atoms with Gasteiger partial charge in [-0.25, -0.2) is 0 Å². The smallest absolute Gasteiger partial charge is 0.251 e. The first kappa shape index (κ1) is 17.9. The number of halogens is 1. The lowest BCUT2D eigenvalue weighted by Gasteiger charge is -2.09. The second kappa shape index (κ2) is 7.96. The van der Waals surface area contributed by atoms with Crippen LogP contribution < -0.4 is 14.8 Å². The van der Waals surface area contributed by atoms with Crippen molar-refractivity contribution in [1.82, 2.24) is 25.5 Å². The van der Waals surface area contributed by atoms with Gasteiger partial charge in [0.1, 0.15) is 11.5 Å². The number of hydrogen-bond acceptors (Lipinski definition) is 6. The van der Waals surface area contributed by atoms with E-state index in [1.807, 2.05) is 24.3 Å². The van der Waals surface area contributed by atoms with Gasteiger partial charge in [-0.1, -0.05) is 22.0 Å². The highest BCUT2D eigenvalue weighted by molar-refractivity contribution is 9.10. The van der Waals surface area contributed by atoms with Crippen molar-refractivity contribution in [3.05, 3.63) is 58.3 Å². The predicted molar refractivity (Wildman–Crippen MR) is 97.6 cm³/mol. The van der Waals surface area contributed by atoms with Crippen molar-refractivity contribution in [1.29, 1.82) is 0 Å². The number of ether oxygens (including phenoxy) is 2. The molecule has 0 radical (unpaired) electrons. The molecular weight excluding hydrogens is 402 g/mol. The summed E-state index contributed by atoms with van der Waals surface area (Å²) in [5, 5.41) is 14.4. The number of nitrogens with zero attached hydrogens (tertiary/aromatic N) is 4. The minimum atomic E-state index is -0.286. The standard InChI is InChI=1S/C17H16BrN5O3/c1-25-14-6-11(7-15(9-14)26-2)17(24)19-10-16-20-21-22-23(16)13-5-3-4-12(18)8-13/h3-9H,10H2,1-2H3,(H,19,24). The lowest BCUT2D eigenvalue weighted by atomic mass is 10.2. The number of benzene rings is 2. The first-order valence-electron chi connectivity index (χ1n) is 7.65. The number of aromatic nitrogens is 4. The van der Waals surface area contributed by atoms with Crippen LogP contribution in [-0.2, 0) is 6.54 Å². The fraction of sp³-hybridized carbons (Fsp3) is 0.176. The third kappa shape index (κ3) is 3.99. The summed E-state index contributed by atoms with van der Waals surface area (Å²) in [7, 11) is 3.06. The molecule has 0 saturated heterocycles. The molecule has 3 rings (SSSR count). The molecule has 0 aliphatic heterocycles. The quantitative estimate of drug-likeness (QED) is 0.661. The summed E-state index contributed by atoms with van der Waals surface area (Å²) in [6.07, 6.45) is 0. The van der Waals surface area contributed by atoms with Gasteiger partial charge < -0.3 is 14.8 Å². The molecule has 2 aromatic carbocycles.